The zero-order valence-corrected chi connectivity index (χ0v) is 12.5. The second-order valence-corrected chi connectivity index (χ2v) is 5.29. The van der Waals surface area contributed by atoms with E-state index in [1.165, 1.54) is 0 Å². The molecule has 0 aliphatic carbocycles. The minimum absolute atomic E-state index is 0.00656. The van der Waals surface area contributed by atoms with Gasteiger partial charge in [0, 0.05) is 12.0 Å². The largest absolute Gasteiger partial charge is 0.497 e. The van der Waals surface area contributed by atoms with E-state index in [0.717, 1.165) is 0 Å². The van der Waals surface area contributed by atoms with Gasteiger partial charge < -0.3 is 19.9 Å². The van der Waals surface area contributed by atoms with Gasteiger partial charge in [-0.3, -0.25) is 9.59 Å². The number of amides is 1. The van der Waals surface area contributed by atoms with Crippen molar-refractivity contribution < 1.29 is 24.2 Å². The fourth-order valence-corrected chi connectivity index (χ4v) is 1.72. The zero-order chi connectivity index (χ0) is 15.9. The van der Waals surface area contributed by atoms with Gasteiger partial charge in [-0.1, -0.05) is 0 Å². The molecule has 0 atom stereocenters. The van der Waals surface area contributed by atoms with Crippen LogP contribution in [0.1, 0.15) is 26.7 Å². The van der Waals surface area contributed by atoms with Gasteiger partial charge >= 0.3 is 5.97 Å². The second-order valence-electron chi connectivity index (χ2n) is 5.29. The Kier molecular flexibility index (Phi) is 6.02. The third kappa shape index (κ3) is 6.65. The molecule has 0 fully saturated rings. The summed E-state index contributed by atoms with van der Waals surface area (Å²) >= 11 is 0. The number of carboxylic acids is 1. The standard InChI is InChI=1S/C15H21NO5/c1-15(2,9-8-14(18)19)16-13(17)10-21-12-6-4-11(20-3)5-7-12/h4-7H,8-10H2,1-3H3,(H,16,17)(H,18,19). The minimum atomic E-state index is -0.883. The summed E-state index contributed by atoms with van der Waals surface area (Å²) in [5.74, 6) is 0.101. The van der Waals surface area contributed by atoms with Crippen molar-refractivity contribution in [2.45, 2.75) is 32.2 Å². The Morgan fingerprint density at radius 3 is 2.29 bits per heavy atom. The molecule has 1 rings (SSSR count). The van der Waals surface area contributed by atoms with Crippen LogP contribution in [0.15, 0.2) is 24.3 Å². The molecule has 21 heavy (non-hydrogen) atoms. The Hall–Kier alpha value is -2.24. The van der Waals surface area contributed by atoms with Crippen LogP contribution in [0, 0.1) is 0 Å². The Morgan fingerprint density at radius 2 is 1.76 bits per heavy atom. The van der Waals surface area contributed by atoms with Gasteiger partial charge in [-0.05, 0) is 44.5 Å². The highest BCUT2D eigenvalue weighted by Gasteiger charge is 2.21. The molecule has 1 aromatic carbocycles. The van der Waals surface area contributed by atoms with E-state index in [2.05, 4.69) is 5.32 Å². The molecule has 0 aliphatic rings. The third-order valence-corrected chi connectivity index (χ3v) is 2.87. The number of benzene rings is 1. The lowest BCUT2D eigenvalue weighted by molar-refractivity contribution is -0.138. The molecule has 6 heteroatoms. The third-order valence-electron chi connectivity index (χ3n) is 2.87. The van der Waals surface area contributed by atoms with E-state index in [-0.39, 0.29) is 18.9 Å². The summed E-state index contributed by atoms with van der Waals surface area (Å²) < 4.78 is 10.4. The van der Waals surface area contributed by atoms with Crippen molar-refractivity contribution in [3.8, 4) is 11.5 Å². The van der Waals surface area contributed by atoms with Gasteiger partial charge in [-0.25, -0.2) is 0 Å². The van der Waals surface area contributed by atoms with E-state index in [1.807, 2.05) is 0 Å². The normalized spacial score (nSPS) is 10.8. The van der Waals surface area contributed by atoms with Gasteiger partial charge in [-0.2, -0.15) is 0 Å². The highest BCUT2D eigenvalue weighted by molar-refractivity contribution is 5.78. The summed E-state index contributed by atoms with van der Waals surface area (Å²) in [6.45, 7) is 3.44. The quantitative estimate of drug-likeness (QED) is 0.764. The molecule has 0 unspecified atom stereocenters. The number of carboxylic acid groups (broad SMARTS) is 1. The highest BCUT2D eigenvalue weighted by atomic mass is 16.5. The molecular weight excluding hydrogens is 274 g/mol. The van der Waals surface area contributed by atoms with Crippen LogP contribution in [0.25, 0.3) is 0 Å². The fourth-order valence-electron chi connectivity index (χ4n) is 1.72. The summed E-state index contributed by atoms with van der Waals surface area (Å²) in [5, 5.41) is 11.4. The summed E-state index contributed by atoms with van der Waals surface area (Å²) in [4.78, 5) is 22.3. The summed E-state index contributed by atoms with van der Waals surface area (Å²) in [6.07, 6.45) is 0.364. The molecule has 0 saturated heterocycles. The first-order chi connectivity index (χ1) is 9.82. The minimum Gasteiger partial charge on any atom is -0.497 e. The average Bonchev–Trinajstić information content (AvgIpc) is 2.43. The lowest BCUT2D eigenvalue weighted by Gasteiger charge is -2.25. The molecular formula is C15H21NO5. The number of hydrogen-bond donors (Lipinski definition) is 2. The number of hydrogen-bond acceptors (Lipinski definition) is 4. The van der Waals surface area contributed by atoms with Gasteiger partial charge in [0.15, 0.2) is 6.61 Å². The van der Waals surface area contributed by atoms with E-state index in [0.29, 0.717) is 17.9 Å². The van der Waals surface area contributed by atoms with Crippen molar-refractivity contribution in [3.63, 3.8) is 0 Å². The number of carbonyl (C=O) groups is 2. The maximum Gasteiger partial charge on any atom is 0.303 e. The maximum absolute atomic E-state index is 11.8. The van der Waals surface area contributed by atoms with E-state index in [1.54, 1.807) is 45.2 Å². The van der Waals surface area contributed by atoms with Gasteiger partial charge in [0.2, 0.25) is 0 Å². The molecule has 0 heterocycles. The smallest absolute Gasteiger partial charge is 0.303 e. The summed E-state index contributed by atoms with van der Waals surface area (Å²) in [5.41, 5.74) is -0.585. The van der Waals surface area contributed by atoms with E-state index >= 15 is 0 Å². The highest BCUT2D eigenvalue weighted by Crippen LogP contribution is 2.17. The molecule has 2 N–H and O–H groups in total. The second kappa shape index (κ2) is 7.52. The van der Waals surface area contributed by atoms with E-state index < -0.39 is 11.5 Å². The number of carbonyl (C=O) groups excluding carboxylic acids is 1. The number of aliphatic carboxylic acids is 1. The lowest BCUT2D eigenvalue weighted by Crippen LogP contribution is -2.45. The Bertz CT molecular complexity index is 481. The lowest BCUT2D eigenvalue weighted by atomic mass is 9.98. The van der Waals surface area contributed by atoms with Crippen LogP contribution in [-0.4, -0.2) is 36.2 Å². The van der Waals surface area contributed by atoms with Crippen LogP contribution < -0.4 is 14.8 Å². The topological polar surface area (TPSA) is 84.9 Å². The molecule has 0 aliphatic heterocycles. The molecule has 116 valence electrons. The molecule has 0 bridgehead atoms. The predicted molar refractivity (Wildman–Crippen MR) is 77.6 cm³/mol. The van der Waals surface area contributed by atoms with Gasteiger partial charge in [0.25, 0.3) is 5.91 Å². The van der Waals surface area contributed by atoms with Crippen LogP contribution in [0.5, 0.6) is 11.5 Å². The van der Waals surface area contributed by atoms with Gasteiger partial charge in [0.05, 0.1) is 7.11 Å². The van der Waals surface area contributed by atoms with E-state index in [9.17, 15) is 9.59 Å². The van der Waals surface area contributed by atoms with Crippen LogP contribution >= 0.6 is 0 Å². The molecule has 0 saturated carbocycles. The van der Waals surface area contributed by atoms with Crippen molar-refractivity contribution in [1.29, 1.82) is 0 Å². The average molecular weight is 295 g/mol. The Balaban J connectivity index is 2.40. The first-order valence-electron chi connectivity index (χ1n) is 6.62. The fraction of sp³-hybridized carbons (Fsp3) is 0.467. The number of ether oxygens (including phenoxy) is 2. The monoisotopic (exact) mass is 295 g/mol. The number of rotatable bonds is 8. The van der Waals surface area contributed by atoms with Crippen molar-refractivity contribution >= 4 is 11.9 Å². The SMILES string of the molecule is COc1ccc(OCC(=O)NC(C)(C)CCC(=O)O)cc1. The Morgan fingerprint density at radius 1 is 1.19 bits per heavy atom. The van der Waals surface area contributed by atoms with Crippen molar-refractivity contribution in [2.75, 3.05) is 13.7 Å². The van der Waals surface area contributed by atoms with Crippen molar-refractivity contribution in [1.82, 2.24) is 5.32 Å². The van der Waals surface area contributed by atoms with Crippen LogP contribution in [0.3, 0.4) is 0 Å². The van der Waals surface area contributed by atoms with Crippen LogP contribution in [0.2, 0.25) is 0 Å². The first-order valence-corrected chi connectivity index (χ1v) is 6.62. The van der Waals surface area contributed by atoms with Crippen molar-refractivity contribution in [2.24, 2.45) is 0 Å². The van der Waals surface area contributed by atoms with Crippen LogP contribution in [0.4, 0.5) is 0 Å². The molecule has 1 aromatic rings. The molecule has 0 spiro atoms. The van der Waals surface area contributed by atoms with E-state index in [4.69, 9.17) is 14.6 Å². The molecule has 0 radical (unpaired) electrons. The van der Waals surface area contributed by atoms with Crippen LogP contribution in [-0.2, 0) is 9.59 Å². The maximum atomic E-state index is 11.8. The summed E-state index contributed by atoms with van der Waals surface area (Å²) in [7, 11) is 1.57. The number of methoxy groups -OCH3 is 1. The van der Waals surface area contributed by atoms with Gasteiger partial charge in [-0.15, -0.1) is 0 Å². The summed E-state index contributed by atoms with van der Waals surface area (Å²) in [6, 6.07) is 6.90. The number of nitrogens with one attached hydrogen (secondary N) is 1. The molecule has 0 aromatic heterocycles. The molecule has 6 nitrogen and oxygen atoms in total. The Labute approximate surface area is 124 Å². The zero-order valence-electron chi connectivity index (χ0n) is 12.5. The molecule has 1 amide bonds. The van der Waals surface area contributed by atoms with Crippen molar-refractivity contribution in [3.05, 3.63) is 24.3 Å². The first kappa shape index (κ1) is 16.8. The van der Waals surface area contributed by atoms with Gasteiger partial charge in [0.1, 0.15) is 11.5 Å². The predicted octanol–water partition coefficient (Wildman–Crippen LogP) is 1.83.